The van der Waals surface area contributed by atoms with Crippen LogP contribution in [-0.4, -0.2) is 23.4 Å². The summed E-state index contributed by atoms with van der Waals surface area (Å²) in [6.07, 6.45) is 0. The number of carbonyl (C=O) groups excluding carboxylic acids is 2. The van der Waals surface area contributed by atoms with E-state index in [1.54, 1.807) is 23.6 Å². The predicted octanol–water partition coefficient (Wildman–Crippen LogP) is 3.41. The summed E-state index contributed by atoms with van der Waals surface area (Å²) in [6, 6.07) is 4.97. The van der Waals surface area contributed by atoms with Crippen LogP contribution < -0.4 is 15.4 Å². The number of benzene rings is 1. The molecule has 2 rings (SSSR count). The maximum atomic E-state index is 12.2. The third-order valence-corrected chi connectivity index (χ3v) is 3.50. The molecule has 0 spiro atoms. The lowest BCUT2D eigenvalue weighted by Crippen LogP contribution is -2.14. The number of amides is 2. The standard InChI is InChI=1S/C14H14ClN3O3S/c1-3-21-12-5-4-9(15)6-10(12)17-13(20)11-7-22-14(18-11)16-8(2)19/h4-7H,3H2,1-2H3,(H,17,20)(H,16,18,19). The minimum atomic E-state index is -0.406. The first-order chi connectivity index (χ1) is 10.5. The van der Waals surface area contributed by atoms with Crippen molar-refractivity contribution in [1.29, 1.82) is 0 Å². The molecule has 22 heavy (non-hydrogen) atoms. The number of nitrogens with one attached hydrogen (secondary N) is 2. The first-order valence-electron chi connectivity index (χ1n) is 6.46. The topological polar surface area (TPSA) is 80.3 Å². The average Bonchev–Trinajstić information content (AvgIpc) is 2.89. The van der Waals surface area contributed by atoms with Gasteiger partial charge in [0.25, 0.3) is 5.91 Å². The molecule has 0 saturated carbocycles. The minimum Gasteiger partial charge on any atom is -0.492 e. The third kappa shape index (κ3) is 4.19. The van der Waals surface area contributed by atoms with Crippen LogP contribution in [0, 0.1) is 0 Å². The monoisotopic (exact) mass is 339 g/mol. The maximum Gasteiger partial charge on any atom is 0.275 e. The zero-order chi connectivity index (χ0) is 16.1. The number of carbonyl (C=O) groups is 2. The van der Waals surface area contributed by atoms with E-state index < -0.39 is 5.91 Å². The molecule has 1 aromatic heterocycles. The molecule has 0 bridgehead atoms. The smallest absolute Gasteiger partial charge is 0.275 e. The molecule has 0 radical (unpaired) electrons. The summed E-state index contributed by atoms with van der Waals surface area (Å²) in [5, 5.41) is 7.64. The Morgan fingerprint density at radius 2 is 2.14 bits per heavy atom. The van der Waals surface area contributed by atoms with Crippen LogP contribution in [0.3, 0.4) is 0 Å². The number of ether oxygens (including phenoxy) is 1. The van der Waals surface area contributed by atoms with Crippen LogP contribution in [-0.2, 0) is 4.79 Å². The number of nitrogens with zero attached hydrogens (tertiary/aromatic N) is 1. The summed E-state index contributed by atoms with van der Waals surface area (Å²) in [5.74, 6) is -0.122. The van der Waals surface area contributed by atoms with Gasteiger partial charge in [-0.05, 0) is 25.1 Å². The number of aromatic nitrogens is 1. The molecule has 0 saturated heterocycles. The van der Waals surface area contributed by atoms with Gasteiger partial charge >= 0.3 is 0 Å². The van der Waals surface area contributed by atoms with Crippen molar-refractivity contribution in [2.45, 2.75) is 13.8 Å². The first-order valence-corrected chi connectivity index (χ1v) is 7.72. The molecule has 0 aliphatic rings. The van der Waals surface area contributed by atoms with E-state index in [2.05, 4.69) is 15.6 Å². The summed E-state index contributed by atoms with van der Waals surface area (Å²) in [7, 11) is 0. The molecule has 0 aliphatic carbocycles. The van der Waals surface area contributed by atoms with Crippen molar-refractivity contribution in [3.63, 3.8) is 0 Å². The van der Waals surface area contributed by atoms with Crippen molar-refractivity contribution in [2.24, 2.45) is 0 Å². The molecule has 2 aromatic rings. The zero-order valence-electron chi connectivity index (χ0n) is 12.0. The molecule has 0 atom stereocenters. The Labute approximate surface area is 136 Å². The summed E-state index contributed by atoms with van der Waals surface area (Å²) < 4.78 is 5.44. The quantitative estimate of drug-likeness (QED) is 0.874. The summed E-state index contributed by atoms with van der Waals surface area (Å²) in [5.41, 5.74) is 0.671. The van der Waals surface area contributed by atoms with Gasteiger partial charge in [-0.25, -0.2) is 4.98 Å². The Bertz CT molecular complexity index is 702. The number of halogens is 1. The summed E-state index contributed by atoms with van der Waals surface area (Å²) >= 11 is 7.11. The lowest BCUT2D eigenvalue weighted by molar-refractivity contribution is -0.114. The van der Waals surface area contributed by atoms with Gasteiger partial charge in [0, 0.05) is 17.3 Å². The fraction of sp³-hybridized carbons (Fsp3) is 0.214. The van der Waals surface area contributed by atoms with Crippen molar-refractivity contribution < 1.29 is 14.3 Å². The first kappa shape index (κ1) is 16.3. The Morgan fingerprint density at radius 3 is 2.82 bits per heavy atom. The molecule has 2 amide bonds. The highest BCUT2D eigenvalue weighted by molar-refractivity contribution is 7.14. The lowest BCUT2D eigenvalue weighted by Gasteiger charge is -2.11. The van der Waals surface area contributed by atoms with Crippen molar-refractivity contribution >= 4 is 45.6 Å². The second-order valence-corrected chi connectivity index (χ2v) is 5.54. The highest BCUT2D eigenvalue weighted by Crippen LogP contribution is 2.28. The van der Waals surface area contributed by atoms with Gasteiger partial charge in [-0.3, -0.25) is 9.59 Å². The van der Waals surface area contributed by atoms with Gasteiger partial charge in [-0.2, -0.15) is 0 Å². The van der Waals surface area contributed by atoms with Crippen LogP contribution in [0.25, 0.3) is 0 Å². The van der Waals surface area contributed by atoms with Gasteiger partial charge < -0.3 is 15.4 Å². The Hall–Kier alpha value is -2.12. The van der Waals surface area contributed by atoms with Crippen molar-refractivity contribution in [3.05, 3.63) is 34.3 Å². The van der Waals surface area contributed by atoms with E-state index in [-0.39, 0.29) is 11.6 Å². The fourth-order valence-corrected chi connectivity index (χ4v) is 2.56. The largest absolute Gasteiger partial charge is 0.492 e. The van der Waals surface area contributed by atoms with Crippen molar-refractivity contribution in [2.75, 3.05) is 17.2 Å². The fourth-order valence-electron chi connectivity index (χ4n) is 1.65. The van der Waals surface area contributed by atoms with E-state index in [1.807, 2.05) is 6.92 Å². The van der Waals surface area contributed by atoms with Gasteiger partial charge in [0.2, 0.25) is 5.91 Å². The van der Waals surface area contributed by atoms with E-state index in [1.165, 1.54) is 18.3 Å². The van der Waals surface area contributed by atoms with Gasteiger partial charge in [-0.15, -0.1) is 11.3 Å². The van der Waals surface area contributed by atoms with Gasteiger partial charge in [0.05, 0.1) is 12.3 Å². The molecule has 116 valence electrons. The van der Waals surface area contributed by atoms with Crippen LogP contribution in [0.15, 0.2) is 23.6 Å². The number of hydrogen-bond acceptors (Lipinski definition) is 5. The molecular weight excluding hydrogens is 326 g/mol. The second-order valence-electron chi connectivity index (χ2n) is 4.25. The van der Waals surface area contributed by atoms with Crippen LogP contribution in [0.5, 0.6) is 5.75 Å². The molecule has 1 aromatic carbocycles. The number of thiazole rings is 1. The third-order valence-electron chi connectivity index (χ3n) is 2.51. The number of anilines is 2. The molecular formula is C14H14ClN3O3S. The van der Waals surface area contributed by atoms with Crippen molar-refractivity contribution in [1.82, 2.24) is 4.98 Å². The molecule has 2 N–H and O–H groups in total. The summed E-state index contributed by atoms with van der Waals surface area (Å²) in [6.45, 7) is 3.69. The normalized spacial score (nSPS) is 10.1. The molecule has 0 unspecified atom stereocenters. The van der Waals surface area contributed by atoms with E-state index >= 15 is 0 Å². The Morgan fingerprint density at radius 1 is 1.36 bits per heavy atom. The van der Waals surface area contributed by atoms with Crippen LogP contribution >= 0.6 is 22.9 Å². The molecule has 1 heterocycles. The van der Waals surface area contributed by atoms with Gasteiger partial charge in [-0.1, -0.05) is 11.6 Å². The van der Waals surface area contributed by atoms with Crippen molar-refractivity contribution in [3.8, 4) is 5.75 Å². The zero-order valence-corrected chi connectivity index (χ0v) is 13.5. The van der Waals surface area contributed by atoms with E-state index in [0.717, 1.165) is 0 Å². The number of rotatable bonds is 5. The predicted molar refractivity (Wildman–Crippen MR) is 87.0 cm³/mol. The molecule has 0 fully saturated rings. The Balaban J connectivity index is 2.16. The SMILES string of the molecule is CCOc1ccc(Cl)cc1NC(=O)c1csc(NC(C)=O)n1. The van der Waals surface area contributed by atoms with E-state index in [9.17, 15) is 9.59 Å². The highest BCUT2D eigenvalue weighted by atomic mass is 35.5. The summed E-state index contributed by atoms with van der Waals surface area (Å²) in [4.78, 5) is 27.2. The highest BCUT2D eigenvalue weighted by Gasteiger charge is 2.14. The lowest BCUT2D eigenvalue weighted by atomic mass is 10.3. The van der Waals surface area contributed by atoms with Gasteiger partial charge in [0.15, 0.2) is 5.13 Å². The Kier molecular flexibility index (Phi) is 5.35. The number of hydrogen-bond donors (Lipinski definition) is 2. The van der Waals surface area contributed by atoms with Crippen LogP contribution in [0.1, 0.15) is 24.3 Å². The van der Waals surface area contributed by atoms with E-state index in [4.69, 9.17) is 16.3 Å². The molecule has 8 heteroatoms. The van der Waals surface area contributed by atoms with Crippen LogP contribution in [0.4, 0.5) is 10.8 Å². The second kappa shape index (κ2) is 7.24. The van der Waals surface area contributed by atoms with E-state index in [0.29, 0.717) is 28.2 Å². The van der Waals surface area contributed by atoms with Gasteiger partial charge in [0.1, 0.15) is 11.4 Å². The molecule has 6 nitrogen and oxygen atoms in total. The minimum absolute atomic E-state index is 0.205. The van der Waals surface area contributed by atoms with Crippen LogP contribution in [0.2, 0.25) is 5.02 Å². The molecule has 0 aliphatic heterocycles. The maximum absolute atomic E-state index is 12.2. The average molecular weight is 340 g/mol.